The molecule has 1 aliphatic rings. The first-order valence-electron chi connectivity index (χ1n) is 7.52. The normalized spacial score (nSPS) is 17.4. The average molecular weight is 311 g/mol. The molecule has 1 atom stereocenters. The van der Waals surface area contributed by atoms with Crippen LogP contribution < -0.4 is 10.6 Å². The number of amides is 1. The van der Waals surface area contributed by atoms with Crippen molar-refractivity contribution in [2.45, 2.75) is 38.3 Å². The smallest absolute Gasteiger partial charge is 0.222 e. The van der Waals surface area contributed by atoms with Gasteiger partial charge in [-0.15, -0.1) is 0 Å². The minimum Gasteiger partial charge on any atom is -0.378 e. The number of halogens is 1. The lowest BCUT2D eigenvalue weighted by Gasteiger charge is -2.23. The maximum Gasteiger partial charge on any atom is 0.222 e. The van der Waals surface area contributed by atoms with E-state index in [1.807, 2.05) is 31.2 Å². The van der Waals surface area contributed by atoms with Crippen LogP contribution in [0.25, 0.3) is 0 Å². The van der Waals surface area contributed by atoms with Gasteiger partial charge < -0.3 is 15.4 Å². The fourth-order valence-corrected chi connectivity index (χ4v) is 2.65. The Kier molecular flexibility index (Phi) is 6.49. The van der Waals surface area contributed by atoms with Gasteiger partial charge in [-0.05, 0) is 50.6 Å². The SMILES string of the molecule is CC(NC(=O)CCOC1CCNCC1)c1cccc(Cl)c1. The van der Waals surface area contributed by atoms with Gasteiger partial charge in [0, 0.05) is 11.4 Å². The molecule has 0 bridgehead atoms. The van der Waals surface area contributed by atoms with Gasteiger partial charge in [-0.3, -0.25) is 4.79 Å². The first-order chi connectivity index (χ1) is 10.1. The number of carbonyl (C=O) groups excluding carboxylic acids is 1. The van der Waals surface area contributed by atoms with E-state index in [2.05, 4.69) is 10.6 Å². The predicted octanol–water partition coefficient (Wildman–Crippen LogP) is 2.68. The van der Waals surface area contributed by atoms with Crippen LogP contribution in [0.5, 0.6) is 0 Å². The van der Waals surface area contributed by atoms with Gasteiger partial charge in [0.2, 0.25) is 5.91 Å². The molecule has 0 spiro atoms. The Bertz CT molecular complexity index is 461. The lowest BCUT2D eigenvalue weighted by atomic mass is 10.1. The number of rotatable bonds is 6. The van der Waals surface area contributed by atoms with E-state index in [-0.39, 0.29) is 11.9 Å². The largest absolute Gasteiger partial charge is 0.378 e. The summed E-state index contributed by atoms with van der Waals surface area (Å²) >= 11 is 5.96. The Balaban J connectivity index is 1.69. The molecule has 1 aromatic rings. The summed E-state index contributed by atoms with van der Waals surface area (Å²) in [5, 5.41) is 6.95. The van der Waals surface area contributed by atoms with Gasteiger partial charge in [0.15, 0.2) is 0 Å². The number of hydrogen-bond acceptors (Lipinski definition) is 3. The monoisotopic (exact) mass is 310 g/mol. The summed E-state index contributed by atoms with van der Waals surface area (Å²) in [4.78, 5) is 11.9. The van der Waals surface area contributed by atoms with Gasteiger partial charge in [0.25, 0.3) is 0 Å². The fraction of sp³-hybridized carbons (Fsp3) is 0.562. The van der Waals surface area contributed by atoms with Crippen LogP contribution in [0.15, 0.2) is 24.3 Å². The highest BCUT2D eigenvalue weighted by Crippen LogP contribution is 2.17. The highest BCUT2D eigenvalue weighted by Gasteiger charge is 2.14. The van der Waals surface area contributed by atoms with Crippen molar-refractivity contribution in [1.29, 1.82) is 0 Å². The van der Waals surface area contributed by atoms with Crippen LogP contribution in [-0.2, 0) is 9.53 Å². The van der Waals surface area contributed by atoms with Crippen molar-refractivity contribution in [3.05, 3.63) is 34.9 Å². The maximum absolute atomic E-state index is 11.9. The molecule has 0 aliphatic carbocycles. The summed E-state index contributed by atoms with van der Waals surface area (Å²) in [7, 11) is 0. The Morgan fingerprint density at radius 1 is 1.48 bits per heavy atom. The van der Waals surface area contributed by atoms with Crippen molar-refractivity contribution >= 4 is 17.5 Å². The zero-order chi connectivity index (χ0) is 15.1. The summed E-state index contributed by atoms with van der Waals surface area (Å²) in [6.07, 6.45) is 2.75. The zero-order valence-electron chi connectivity index (χ0n) is 12.4. The van der Waals surface area contributed by atoms with Crippen LogP contribution in [0.4, 0.5) is 0 Å². The van der Waals surface area contributed by atoms with E-state index < -0.39 is 0 Å². The first-order valence-corrected chi connectivity index (χ1v) is 7.90. The predicted molar refractivity (Wildman–Crippen MR) is 84.5 cm³/mol. The first kappa shape index (κ1) is 16.3. The number of piperidine rings is 1. The summed E-state index contributed by atoms with van der Waals surface area (Å²) in [6.45, 7) is 4.45. The minimum absolute atomic E-state index is 0.0106. The number of carbonyl (C=O) groups is 1. The van der Waals surface area contributed by atoms with Gasteiger partial charge in [-0.1, -0.05) is 23.7 Å². The third-order valence-corrected chi connectivity index (χ3v) is 3.93. The van der Waals surface area contributed by atoms with E-state index in [0.717, 1.165) is 31.5 Å². The summed E-state index contributed by atoms with van der Waals surface area (Å²) in [5.74, 6) is 0.0106. The molecule has 1 fully saturated rings. The standard InChI is InChI=1S/C16H23ClN2O2/c1-12(13-3-2-4-14(17)11-13)19-16(20)7-10-21-15-5-8-18-9-6-15/h2-4,11-12,15,18H,5-10H2,1H3,(H,19,20). The summed E-state index contributed by atoms with van der Waals surface area (Å²) < 4.78 is 5.74. The van der Waals surface area contributed by atoms with Crippen molar-refractivity contribution in [2.75, 3.05) is 19.7 Å². The second-order valence-electron chi connectivity index (χ2n) is 5.41. The van der Waals surface area contributed by atoms with Crippen LogP contribution in [0.2, 0.25) is 5.02 Å². The van der Waals surface area contributed by atoms with Gasteiger partial charge in [0.05, 0.1) is 18.8 Å². The van der Waals surface area contributed by atoms with E-state index in [9.17, 15) is 4.79 Å². The number of ether oxygens (including phenoxy) is 1. The second-order valence-corrected chi connectivity index (χ2v) is 5.85. The molecule has 1 amide bonds. The lowest BCUT2D eigenvalue weighted by molar-refractivity contribution is -0.123. The maximum atomic E-state index is 11.9. The minimum atomic E-state index is -0.0462. The van der Waals surface area contributed by atoms with Crippen molar-refractivity contribution in [1.82, 2.24) is 10.6 Å². The van der Waals surface area contributed by atoms with Crippen molar-refractivity contribution in [3.8, 4) is 0 Å². The molecule has 21 heavy (non-hydrogen) atoms. The van der Waals surface area contributed by atoms with Crippen LogP contribution in [-0.4, -0.2) is 31.7 Å². The van der Waals surface area contributed by atoms with Crippen LogP contribution in [0.3, 0.4) is 0 Å². The van der Waals surface area contributed by atoms with Gasteiger partial charge >= 0.3 is 0 Å². The fourth-order valence-electron chi connectivity index (χ4n) is 2.45. The third-order valence-electron chi connectivity index (χ3n) is 3.70. The average Bonchev–Trinajstić information content (AvgIpc) is 2.48. The third kappa shape index (κ3) is 5.65. The Morgan fingerprint density at radius 3 is 2.95 bits per heavy atom. The van der Waals surface area contributed by atoms with Gasteiger partial charge in [0.1, 0.15) is 0 Å². The van der Waals surface area contributed by atoms with Crippen LogP contribution >= 0.6 is 11.6 Å². The molecular formula is C16H23ClN2O2. The molecule has 1 unspecified atom stereocenters. The summed E-state index contributed by atoms with van der Waals surface area (Å²) in [5.41, 5.74) is 1.01. The summed E-state index contributed by atoms with van der Waals surface area (Å²) in [6, 6.07) is 7.50. The Labute approximate surface area is 131 Å². The number of hydrogen-bond donors (Lipinski definition) is 2. The van der Waals surface area contributed by atoms with Crippen molar-refractivity contribution < 1.29 is 9.53 Å². The topological polar surface area (TPSA) is 50.4 Å². The molecule has 2 N–H and O–H groups in total. The van der Waals surface area contributed by atoms with Gasteiger partial charge in [-0.25, -0.2) is 0 Å². The molecular weight excluding hydrogens is 288 g/mol. The van der Waals surface area contributed by atoms with Crippen LogP contribution in [0.1, 0.15) is 37.8 Å². The van der Waals surface area contributed by atoms with Crippen molar-refractivity contribution in [2.24, 2.45) is 0 Å². The van der Waals surface area contributed by atoms with E-state index in [4.69, 9.17) is 16.3 Å². The molecule has 0 aromatic heterocycles. The molecule has 2 rings (SSSR count). The lowest BCUT2D eigenvalue weighted by Crippen LogP contribution is -2.33. The second kappa shape index (κ2) is 8.37. The number of nitrogens with one attached hydrogen (secondary N) is 2. The zero-order valence-corrected chi connectivity index (χ0v) is 13.2. The molecule has 5 heteroatoms. The van der Waals surface area contributed by atoms with Crippen LogP contribution in [0, 0.1) is 0 Å². The molecule has 116 valence electrons. The molecule has 1 aromatic carbocycles. The van der Waals surface area contributed by atoms with E-state index >= 15 is 0 Å². The molecule has 1 aliphatic heterocycles. The van der Waals surface area contributed by atoms with E-state index in [1.54, 1.807) is 0 Å². The Morgan fingerprint density at radius 2 is 2.24 bits per heavy atom. The number of benzene rings is 1. The Hall–Kier alpha value is -1.10. The van der Waals surface area contributed by atoms with Crippen molar-refractivity contribution in [3.63, 3.8) is 0 Å². The molecule has 4 nitrogen and oxygen atoms in total. The molecule has 0 saturated carbocycles. The quantitative estimate of drug-likeness (QED) is 0.849. The highest BCUT2D eigenvalue weighted by atomic mass is 35.5. The molecule has 1 saturated heterocycles. The van der Waals surface area contributed by atoms with Gasteiger partial charge in [-0.2, -0.15) is 0 Å². The highest BCUT2D eigenvalue weighted by molar-refractivity contribution is 6.30. The molecule has 1 heterocycles. The molecule has 0 radical (unpaired) electrons. The van der Waals surface area contributed by atoms with E-state index in [0.29, 0.717) is 24.2 Å². The van der Waals surface area contributed by atoms with E-state index in [1.165, 1.54) is 0 Å².